The van der Waals surface area contributed by atoms with Crippen LogP contribution in [0.4, 0.5) is 10.1 Å². The van der Waals surface area contributed by atoms with Crippen molar-refractivity contribution in [2.24, 2.45) is 0 Å². The lowest BCUT2D eigenvalue weighted by Crippen LogP contribution is -2.32. The Morgan fingerprint density at radius 3 is 2.68 bits per heavy atom. The molecule has 0 aliphatic heterocycles. The minimum atomic E-state index is -3.72. The van der Waals surface area contributed by atoms with Crippen molar-refractivity contribution >= 4 is 27.5 Å². The molecule has 2 aromatic rings. The van der Waals surface area contributed by atoms with Gasteiger partial charge in [0.2, 0.25) is 15.2 Å². The number of nitriles is 1. The van der Waals surface area contributed by atoms with Gasteiger partial charge in [0.1, 0.15) is 11.9 Å². The highest BCUT2D eigenvalue weighted by molar-refractivity contribution is 7.98. The van der Waals surface area contributed by atoms with E-state index in [1.165, 1.54) is 6.92 Å². The van der Waals surface area contributed by atoms with Crippen molar-refractivity contribution in [2.45, 2.75) is 12.1 Å². The Balaban J connectivity index is 2.70. The molecular weight excluding hydrogens is 371 g/mol. The summed E-state index contributed by atoms with van der Waals surface area (Å²) in [4.78, 5) is 12.3. The van der Waals surface area contributed by atoms with E-state index >= 15 is 0 Å². The number of benzene rings is 1. The molecule has 1 aromatic heterocycles. The van der Waals surface area contributed by atoms with Crippen LogP contribution in [-0.4, -0.2) is 35.3 Å². The molecule has 0 aliphatic rings. The van der Waals surface area contributed by atoms with Gasteiger partial charge in [-0.05, 0) is 25.3 Å². The van der Waals surface area contributed by atoms with E-state index in [-0.39, 0.29) is 27.7 Å². The van der Waals surface area contributed by atoms with Crippen LogP contribution in [0.2, 0.25) is 0 Å². The summed E-state index contributed by atoms with van der Waals surface area (Å²) < 4.78 is 40.7. The van der Waals surface area contributed by atoms with Crippen LogP contribution in [0.1, 0.15) is 12.5 Å². The van der Waals surface area contributed by atoms with Crippen LogP contribution < -0.4 is 16.1 Å². The van der Waals surface area contributed by atoms with E-state index in [1.54, 1.807) is 12.3 Å². The van der Waals surface area contributed by atoms with Crippen molar-refractivity contribution in [3.05, 3.63) is 33.9 Å². The lowest BCUT2D eigenvalue weighted by atomic mass is 10.1. The van der Waals surface area contributed by atoms with Crippen molar-refractivity contribution in [1.29, 1.82) is 5.26 Å². The van der Waals surface area contributed by atoms with Crippen LogP contribution in [0.25, 0.3) is 11.3 Å². The average molecular weight is 384 g/mol. The number of rotatable bonds is 5. The topological polar surface area (TPSA) is 144 Å². The third-order valence-electron chi connectivity index (χ3n) is 3.17. The standard InChI is InChI=1S/C13H13FN6O3S2/c1-3-25(22,23)19-10-5-8(9(14)4-7(10)6-15)11-12(21)20(16)13(24-2)18-17-11/h4-5,19H,3,16H2,1-2H3. The molecule has 0 aliphatic carbocycles. The number of aromatic nitrogens is 3. The molecule has 0 amide bonds. The highest BCUT2D eigenvalue weighted by atomic mass is 32.2. The molecule has 0 saturated heterocycles. The van der Waals surface area contributed by atoms with Gasteiger partial charge in [-0.25, -0.2) is 12.8 Å². The van der Waals surface area contributed by atoms with Gasteiger partial charge in [-0.2, -0.15) is 9.94 Å². The van der Waals surface area contributed by atoms with Crippen molar-refractivity contribution in [1.82, 2.24) is 14.9 Å². The second kappa shape index (κ2) is 7.08. The molecule has 3 N–H and O–H groups in total. The van der Waals surface area contributed by atoms with Crippen LogP contribution in [0, 0.1) is 17.1 Å². The third-order valence-corrected chi connectivity index (χ3v) is 5.11. The van der Waals surface area contributed by atoms with E-state index in [2.05, 4.69) is 14.9 Å². The number of hydrogen-bond donors (Lipinski definition) is 2. The summed E-state index contributed by atoms with van der Waals surface area (Å²) in [5.41, 5.74) is -1.94. The van der Waals surface area contributed by atoms with E-state index < -0.39 is 27.1 Å². The van der Waals surface area contributed by atoms with Crippen molar-refractivity contribution in [3.63, 3.8) is 0 Å². The zero-order chi connectivity index (χ0) is 18.8. The molecule has 132 valence electrons. The molecule has 25 heavy (non-hydrogen) atoms. The highest BCUT2D eigenvalue weighted by Crippen LogP contribution is 2.27. The van der Waals surface area contributed by atoms with Crippen LogP contribution >= 0.6 is 11.8 Å². The lowest BCUT2D eigenvalue weighted by Gasteiger charge is -2.11. The zero-order valence-electron chi connectivity index (χ0n) is 13.1. The molecule has 0 atom stereocenters. The maximum absolute atomic E-state index is 14.3. The van der Waals surface area contributed by atoms with Gasteiger partial charge in [0.15, 0.2) is 5.69 Å². The van der Waals surface area contributed by atoms with Gasteiger partial charge in [-0.1, -0.05) is 11.8 Å². The molecule has 1 heterocycles. The Bertz CT molecular complexity index is 1030. The predicted octanol–water partition coefficient (Wildman–Crippen LogP) is 0.513. The molecule has 0 saturated carbocycles. The Hall–Kier alpha value is -2.65. The first kappa shape index (κ1) is 18.7. The van der Waals surface area contributed by atoms with E-state index in [0.717, 1.165) is 23.9 Å². The molecule has 12 heteroatoms. The normalized spacial score (nSPS) is 11.1. The van der Waals surface area contributed by atoms with Crippen LogP contribution in [0.5, 0.6) is 0 Å². The maximum Gasteiger partial charge on any atom is 0.299 e. The Morgan fingerprint density at radius 2 is 2.12 bits per heavy atom. The molecular formula is C13H13FN6O3S2. The first-order chi connectivity index (χ1) is 11.7. The average Bonchev–Trinajstić information content (AvgIpc) is 2.58. The predicted molar refractivity (Wildman–Crippen MR) is 91.4 cm³/mol. The number of anilines is 1. The van der Waals surface area contributed by atoms with Crippen LogP contribution in [0.15, 0.2) is 22.1 Å². The number of halogens is 1. The lowest BCUT2D eigenvalue weighted by molar-refractivity contribution is 0.602. The van der Waals surface area contributed by atoms with E-state index in [4.69, 9.17) is 11.1 Å². The molecule has 0 spiro atoms. The number of nitrogens with two attached hydrogens (primary N) is 1. The number of hydrogen-bond acceptors (Lipinski definition) is 8. The fourth-order valence-corrected chi connectivity index (χ4v) is 2.91. The summed E-state index contributed by atoms with van der Waals surface area (Å²) >= 11 is 1.07. The van der Waals surface area contributed by atoms with Crippen LogP contribution in [0.3, 0.4) is 0 Å². The summed E-state index contributed by atoms with van der Waals surface area (Å²) in [5.74, 6) is 4.41. The monoisotopic (exact) mass is 384 g/mol. The SMILES string of the molecule is CCS(=O)(=O)Nc1cc(-c2nnc(SC)n(N)c2=O)c(F)cc1C#N. The summed E-state index contributed by atoms with van der Waals surface area (Å²) in [6.45, 7) is 1.40. The molecule has 0 fully saturated rings. The quantitative estimate of drug-likeness (QED) is 0.560. The summed E-state index contributed by atoms with van der Waals surface area (Å²) in [6.07, 6.45) is 1.63. The smallest absolute Gasteiger partial charge is 0.299 e. The molecule has 1 aromatic carbocycles. The number of nitrogens with one attached hydrogen (secondary N) is 1. The Labute approximate surface area is 146 Å². The number of nitrogen functional groups attached to an aromatic ring is 1. The van der Waals surface area contributed by atoms with Gasteiger partial charge in [0.25, 0.3) is 5.56 Å². The van der Waals surface area contributed by atoms with E-state index in [0.29, 0.717) is 4.68 Å². The van der Waals surface area contributed by atoms with Gasteiger partial charge in [-0.3, -0.25) is 9.52 Å². The minimum Gasteiger partial charge on any atom is -0.334 e. The number of nitrogens with zero attached hydrogens (tertiary/aromatic N) is 4. The first-order valence-electron chi connectivity index (χ1n) is 6.77. The number of thioether (sulfide) groups is 1. The highest BCUT2D eigenvalue weighted by Gasteiger charge is 2.20. The number of sulfonamides is 1. The second-order valence-electron chi connectivity index (χ2n) is 4.71. The molecule has 2 rings (SSSR count). The molecule has 0 radical (unpaired) electrons. The first-order valence-corrected chi connectivity index (χ1v) is 9.65. The Kier molecular flexibility index (Phi) is 5.29. The maximum atomic E-state index is 14.3. The van der Waals surface area contributed by atoms with Gasteiger partial charge >= 0.3 is 0 Å². The summed E-state index contributed by atoms with van der Waals surface area (Å²) in [6, 6.07) is 3.52. The van der Waals surface area contributed by atoms with Crippen molar-refractivity contribution in [3.8, 4) is 17.3 Å². The molecule has 0 unspecified atom stereocenters. The fraction of sp³-hybridized carbons (Fsp3) is 0.231. The Morgan fingerprint density at radius 1 is 1.44 bits per heavy atom. The van der Waals surface area contributed by atoms with E-state index in [1.807, 2.05) is 0 Å². The van der Waals surface area contributed by atoms with Crippen molar-refractivity contribution < 1.29 is 12.8 Å². The van der Waals surface area contributed by atoms with Gasteiger partial charge < -0.3 is 5.84 Å². The molecule has 0 bridgehead atoms. The summed E-state index contributed by atoms with van der Waals surface area (Å²) in [5, 5.41) is 16.6. The fourth-order valence-electron chi connectivity index (χ4n) is 1.86. The van der Waals surface area contributed by atoms with Crippen molar-refractivity contribution in [2.75, 3.05) is 22.6 Å². The third kappa shape index (κ3) is 3.72. The van der Waals surface area contributed by atoms with Gasteiger partial charge in [0, 0.05) is 5.56 Å². The minimum absolute atomic E-state index is 0.120. The van der Waals surface area contributed by atoms with Gasteiger partial charge in [-0.15, -0.1) is 10.2 Å². The zero-order valence-corrected chi connectivity index (χ0v) is 14.8. The summed E-state index contributed by atoms with van der Waals surface area (Å²) in [7, 11) is -3.72. The van der Waals surface area contributed by atoms with Gasteiger partial charge in [0.05, 0.1) is 17.0 Å². The second-order valence-corrected chi connectivity index (χ2v) is 7.49. The van der Waals surface area contributed by atoms with Crippen LogP contribution in [-0.2, 0) is 10.0 Å². The molecule has 9 nitrogen and oxygen atoms in total. The largest absolute Gasteiger partial charge is 0.334 e. The van der Waals surface area contributed by atoms with E-state index in [9.17, 15) is 17.6 Å².